The predicted octanol–water partition coefficient (Wildman–Crippen LogP) is 1.88. The van der Waals surface area contributed by atoms with Crippen LogP contribution in [0.2, 0.25) is 0 Å². The van der Waals surface area contributed by atoms with Gasteiger partial charge in [-0.1, -0.05) is 12.1 Å². The predicted molar refractivity (Wildman–Crippen MR) is 78.9 cm³/mol. The molecule has 2 aromatic heterocycles. The molecule has 102 valence electrons. The molecule has 0 aliphatic heterocycles. The molecule has 0 aliphatic carbocycles. The second-order valence-electron chi connectivity index (χ2n) is 4.46. The quantitative estimate of drug-likeness (QED) is 0.727. The standard InChI is InChI=1S/C14H14N4OS/c15-5-6-18-8-11(16-9-18)12(19)7-14-17-10-3-1-2-4-13(10)20-14/h1-4,8-9H,5-7,15H2. The number of fused-ring (bicyclic) bond motifs is 1. The summed E-state index contributed by atoms with van der Waals surface area (Å²) in [4.78, 5) is 20.8. The minimum atomic E-state index is -0.0140. The van der Waals surface area contributed by atoms with Crippen molar-refractivity contribution in [2.75, 3.05) is 6.54 Å². The van der Waals surface area contributed by atoms with Crippen molar-refractivity contribution < 1.29 is 4.79 Å². The summed E-state index contributed by atoms with van der Waals surface area (Å²) >= 11 is 1.55. The molecule has 0 saturated carbocycles. The first-order chi connectivity index (χ1) is 9.76. The molecule has 0 spiro atoms. The molecule has 1 aromatic carbocycles. The Hall–Kier alpha value is -2.05. The Kier molecular flexibility index (Phi) is 3.58. The van der Waals surface area contributed by atoms with Crippen LogP contribution in [0.3, 0.4) is 0 Å². The lowest BCUT2D eigenvalue weighted by molar-refractivity contribution is 0.0988. The minimum absolute atomic E-state index is 0.0140. The van der Waals surface area contributed by atoms with Crippen molar-refractivity contribution >= 4 is 27.3 Å². The summed E-state index contributed by atoms with van der Waals surface area (Å²) in [5.41, 5.74) is 6.88. The van der Waals surface area contributed by atoms with Gasteiger partial charge in [-0.2, -0.15) is 0 Å². The van der Waals surface area contributed by atoms with Crippen molar-refractivity contribution in [2.45, 2.75) is 13.0 Å². The van der Waals surface area contributed by atoms with E-state index >= 15 is 0 Å². The van der Waals surface area contributed by atoms with Crippen LogP contribution in [0.5, 0.6) is 0 Å². The van der Waals surface area contributed by atoms with Crippen LogP contribution >= 0.6 is 11.3 Å². The second-order valence-corrected chi connectivity index (χ2v) is 5.58. The zero-order valence-corrected chi connectivity index (χ0v) is 11.6. The first-order valence-corrected chi connectivity index (χ1v) is 7.17. The van der Waals surface area contributed by atoms with Gasteiger partial charge in [0.25, 0.3) is 0 Å². The maximum absolute atomic E-state index is 12.2. The number of ketones is 1. The highest BCUT2D eigenvalue weighted by atomic mass is 32.1. The number of hydrogen-bond donors (Lipinski definition) is 1. The van der Waals surface area contributed by atoms with Crippen LogP contribution in [0, 0.1) is 0 Å². The largest absolute Gasteiger partial charge is 0.335 e. The molecule has 5 nitrogen and oxygen atoms in total. The van der Waals surface area contributed by atoms with Crippen molar-refractivity contribution in [3.63, 3.8) is 0 Å². The number of thiazole rings is 1. The number of imidazole rings is 1. The van der Waals surface area contributed by atoms with Gasteiger partial charge < -0.3 is 10.3 Å². The van der Waals surface area contributed by atoms with Gasteiger partial charge >= 0.3 is 0 Å². The molecule has 0 amide bonds. The number of aromatic nitrogens is 3. The zero-order valence-electron chi connectivity index (χ0n) is 10.8. The van der Waals surface area contributed by atoms with Crippen LogP contribution in [0.15, 0.2) is 36.8 Å². The molecule has 0 bridgehead atoms. The van der Waals surface area contributed by atoms with Crippen LogP contribution in [-0.2, 0) is 13.0 Å². The van der Waals surface area contributed by atoms with Gasteiger partial charge in [0, 0.05) is 19.3 Å². The number of nitrogens with two attached hydrogens (primary N) is 1. The third-order valence-corrected chi connectivity index (χ3v) is 3.99. The number of Topliss-reactive ketones (excluding diaryl/α,β-unsaturated/α-hetero) is 1. The van der Waals surface area contributed by atoms with Crippen molar-refractivity contribution in [1.82, 2.24) is 14.5 Å². The van der Waals surface area contributed by atoms with Crippen LogP contribution in [-0.4, -0.2) is 26.9 Å². The lowest BCUT2D eigenvalue weighted by atomic mass is 10.2. The maximum Gasteiger partial charge on any atom is 0.189 e. The highest BCUT2D eigenvalue weighted by Gasteiger charge is 2.13. The van der Waals surface area contributed by atoms with E-state index in [0.717, 1.165) is 15.2 Å². The van der Waals surface area contributed by atoms with E-state index < -0.39 is 0 Å². The van der Waals surface area contributed by atoms with E-state index in [4.69, 9.17) is 5.73 Å². The number of para-hydroxylation sites is 1. The van der Waals surface area contributed by atoms with E-state index in [1.807, 2.05) is 28.8 Å². The smallest absolute Gasteiger partial charge is 0.189 e. The van der Waals surface area contributed by atoms with E-state index in [1.54, 1.807) is 23.9 Å². The SMILES string of the molecule is NCCn1cnc(C(=O)Cc2nc3ccccc3s2)c1. The lowest BCUT2D eigenvalue weighted by Crippen LogP contribution is -2.08. The Balaban J connectivity index is 1.77. The summed E-state index contributed by atoms with van der Waals surface area (Å²) in [7, 11) is 0. The number of nitrogens with zero attached hydrogens (tertiary/aromatic N) is 3. The van der Waals surface area contributed by atoms with Crippen molar-refractivity contribution in [3.05, 3.63) is 47.5 Å². The molecule has 3 aromatic rings. The van der Waals surface area contributed by atoms with E-state index in [0.29, 0.717) is 25.2 Å². The van der Waals surface area contributed by atoms with Gasteiger partial charge in [-0.05, 0) is 12.1 Å². The average molecular weight is 286 g/mol. The topological polar surface area (TPSA) is 73.8 Å². The number of benzene rings is 1. The number of carbonyl (C=O) groups is 1. The third-order valence-electron chi connectivity index (χ3n) is 2.96. The summed E-state index contributed by atoms with van der Waals surface area (Å²) in [5, 5.41) is 0.824. The Morgan fingerprint density at radius 3 is 3.00 bits per heavy atom. The molecule has 0 radical (unpaired) electrons. The van der Waals surface area contributed by atoms with E-state index in [1.165, 1.54) is 0 Å². The van der Waals surface area contributed by atoms with E-state index in [-0.39, 0.29) is 5.78 Å². The first kappa shape index (κ1) is 13.0. The van der Waals surface area contributed by atoms with Gasteiger partial charge in [0.1, 0.15) is 10.7 Å². The van der Waals surface area contributed by atoms with Gasteiger partial charge in [0.2, 0.25) is 0 Å². The summed E-state index contributed by atoms with van der Waals surface area (Å²) in [6.07, 6.45) is 3.67. The third kappa shape index (κ3) is 2.61. The van der Waals surface area contributed by atoms with Crippen LogP contribution in [0.25, 0.3) is 10.2 Å². The number of rotatable bonds is 5. The van der Waals surface area contributed by atoms with Gasteiger partial charge in [0.15, 0.2) is 5.78 Å². The fourth-order valence-corrected chi connectivity index (χ4v) is 2.96. The van der Waals surface area contributed by atoms with Crippen LogP contribution < -0.4 is 5.73 Å². The lowest BCUT2D eigenvalue weighted by Gasteiger charge is -1.95. The Labute approximate surface area is 120 Å². The summed E-state index contributed by atoms with van der Waals surface area (Å²) in [6.45, 7) is 1.20. The molecule has 6 heteroatoms. The Morgan fingerprint density at radius 1 is 1.35 bits per heavy atom. The van der Waals surface area contributed by atoms with E-state index in [2.05, 4.69) is 9.97 Å². The van der Waals surface area contributed by atoms with Gasteiger partial charge in [-0.3, -0.25) is 4.79 Å². The first-order valence-electron chi connectivity index (χ1n) is 6.36. The highest BCUT2D eigenvalue weighted by Crippen LogP contribution is 2.22. The van der Waals surface area contributed by atoms with Crippen LogP contribution in [0.1, 0.15) is 15.5 Å². The van der Waals surface area contributed by atoms with Crippen molar-refractivity contribution in [2.24, 2.45) is 5.73 Å². The molecule has 0 fully saturated rings. The normalized spacial score (nSPS) is 11.1. The van der Waals surface area contributed by atoms with E-state index in [9.17, 15) is 4.79 Å². The molecular formula is C14H14N4OS. The highest BCUT2D eigenvalue weighted by molar-refractivity contribution is 7.18. The van der Waals surface area contributed by atoms with Gasteiger partial charge in [-0.25, -0.2) is 9.97 Å². The average Bonchev–Trinajstić information content (AvgIpc) is 3.04. The molecule has 2 N–H and O–H groups in total. The molecule has 2 heterocycles. The summed E-state index contributed by atoms with van der Waals surface area (Å²) < 4.78 is 2.93. The Morgan fingerprint density at radius 2 is 2.20 bits per heavy atom. The second kappa shape index (κ2) is 5.52. The zero-order chi connectivity index (χ0) is 13.9. The summed E-state index contributed by atoms with van der Waals surface area (Å²) in [5.74, 6) is -0.0140. The fraction of sp³-hybridized carbons (Fsp3) is 0.214. The molecule has 0 saturated heterocycles. The monoisotopic (exact) mass is 286 g/mol. The van der Waals surface area contributed by atoms with Gasteiger partial charge in [0.05, 0.1) is 23.0 Å². The molecule has 0 unspecified atom stereocenters. The van der Waals surface area contributed by atoms with Crippen LogP contribution in [0.4, 0.5) is 0 Å². The van der Waals surface area contributed by atoms with Crippen molar-refractivity contribution in [3.8, 4) is 0 Å². The molecule has 0 atom stereocenters. The molecule has 0 aliphatic rings. The maximum atomic E-state index is 12.2. The fourth-order valence-electron chi connectivity index (χ4n) is 2.00. The molecular weight excluding hydrogens is 272 g/mol. The van der Waals surface area contributed by atoms with Crippen molar-refractivity contribution in [1.29, 1.82) is 0 Å². The summed E-state index contributed by atoms with van der Waals surface area (Å²) in [6, 6.07) is 7.88. The molecule has 3 rings (SSSR count). The van der Waals surface area contributed by atoms with Gasteiger partial charge in [-0.15, -0.1) is 11.3 Å². The molecule has 20 heavy (non-hydrogen) atoms. The minimum Gasteiger partial charge on any atom is -0.335 e. The Bertz CT molecular complexity index is 713. The number of carbonyl (C=O) groups excluding carboxylic acids is 1. The number of hydrogen-bond acceptors (Lipinski definition) is 5.